The minimum atomic E-state index is -0.341. The van der Waals surface area contributed by atoms with Gasteiger partial charge in [-0.3, -0.25) is 9.36 Å². The van der Waals surface area contributed by atoms with E-state index in [2.05, 4.69) is 0 Å². The molecule has 2 aromatic carbocycles. The highest BCUT2D eigenvalue weighted by atomic mass is 19.1. The summed E-state index contributed by atoms with van der Waals surface area (Å²) in [4.78, 5) is 12.2. The van der Waals surface area contributed by atoms with Crippen molar-refractivity contribution in [3.05, 3.63) is 94.7 Å². The molecule has 128 valence electrons. The van der Waals surface area contributed by atoms with Crippen LogP contribution in [0.3, 0.4) is 0 Å². The molecule has 3 aromatic rings. The lowest BCUT2D eigenvalue weighted by molar-refractivity contribution is 0.0888. The van der Waals surface area contributed by atoms with Crippen LogP contribution in [0.1, 0.15) is 5.56 Å². The van der Waals surface area contributed by atoms with Crippen molar-refractivity contribution in [2.24, 2.45) is 0 Å². The number of aromatic nitrogens is 1. The van der Waals surface area contributed by atoms with Crippen LogP contribution < -0.4 is 10.3 Å². The summed E-state index contributed by atoms with van der Waals surface area (Å²) in [5.41, 5.74) is 1.46. The highest BCUT2D eigenvalue weighted by Crippen LogP contribution is 2.11. The zero-order chi connectivity index (χ0) is 17.5. The van der Waals surface area contributed by atoms with Gasteiger partial charge in [-0.1, -0.05) is 30.3 Å². The van der Waals surface area contributed by atoms with Crippen LogP contribution in [0, 0.1) is 5.82 Å². The van der Waals surface area contributed by atoms with E-state index >= 15 is 0 Å². The number of nitrogens with zero attached hydrogens (tertiary/aromatic N) is 1. The SMILES string of the molecule is O=c1cc(OCCOCc2ccccc2)ccn1-c1ccc(F)cc1. The predicted molar refractivity (Wildman–Crippen MR) is 93.6 cm³/mol. The van der Waals surface area contributed by atoms with Crippen LogP contribution in [-0.4, -0.2) is 17.8 Å². The molecule has 0 fully saturated rings. The van der Waals surface area contributed by atoms with Crippen molar-refractivity contribution in [1.29, 1.82) is 0 Å². The van der Waals surface area contributed by atoms with Crippen LogP contribution in [0.4, 0.5) is 4.39 Å². The maximum atomic E-state index is 13.0. The fourth-order valence-corrected chi connectivity index (χ4v) is 2.35. The van der Waals surface area contributed by atoms with E-state index in [4.69, 9.17) is 9.47 Å². The van der Waals surface area contributed by atoms with Crippen LogP contribution in [0.5, 0.6) is 5.75 Å². The lowest BCUT2D eigenvalue weighted by Crippen LogP contribution is -2.17. The monoisotopic (exact) mass is 339 g/mol. The first-order chi connectivity index (χ1) is 12.2. The molecule has 5 heteroatoms. The van der Waals surface area contributed by atoms with Crippen molar-refractivity contribution in [2.75, 3.05) is 13.2 Å². The van der Waals surface area contributed by atoms with Crippen LogP contribution in [0.25, 0.3) is 5.69 Å². The highest BCUT2D eigenvalue weighted by molar-refractivity contribution is 5.33. The third kappa shape index (κ3) is 4.78. The molecule has 0 radical (unpaired) electrons. The number of halogens is 1. The van der Waals surface area contributed by atoms with Gasteiger partial charge in [-0.25, -0.2) is 4.39 Å². The molecule has 0 spiro atoms. The molecule has 3 rings (SSSR count). The maximum Gasteiger partial charge on any atom is 0.258 e. The molecule has 0 aliphatic heterocycles. The maximum absolute atomic E-state index is 13.0. The Labute approximate surface area is 145 Å². The minimum Gasteiger partial charge on any atom is -0.491 e. The number of benzene rings is 2. The molecular formula is C20H18FNO3. The highest BCUT2D eigenvalue weighted by Gasteiger charge is 2.02. The Bertz CT molecular complexity index is 860. The summed E-state index contributed by atoms with van der Waals surface area (Å²) in [5, 5.41) is 0. The standard InChI is InChI=1S/C20H18FNO3/c21-17-6-8-18(9-7-17)22-11-10-19(14-20(22)23)25-13-12-24-15-16-4-2-1-3-5-16/h1-11,14H,12-13,15H2. The average Bonchev–Trinajstić information content (AvgIpc) is 2.63. The Hall–Kier alpha value is -2.92. The summed E-state index contributed by atoms with van der Waals surface area (Å²) in [6.07, 6.45) is 1.61. The van der Waals surface area contributed by atoms with E-state index in [9.17, 15) is 9.18 Å². The first-order valence-electron chi connectivity index (χ1n) is 7.95. The molecule has 0 amide bonds. The van der Waals surface area contributed by atoms with E-state index in [1.54, 1.807) is 24.4 Å². The second-order valence-corrected chi connectivity index (χ2v) is 5.43. The van der Waals surface area contributed by atoms with E-state index in [0.717, 1.165) is 5.56 Å². The van der Waals surface area contributed by atoms with Gasteiger partial charge in [0, 0.05) is 18.0 Å². The largest absolute Gasteiger partial charge is 0.491 e. The van der Waals surface area contributed by atoms with Crippen molar-refractivity contribution in [3.63, 3.8) is 0 Å². The topological polar surface area (TPSA) is 40.5 Å². The van der Waals surface area contributed by atoms with Crippen molar-refractivity contribution in [2.45, 2.75) is 6.61 Å². The van der Waals surface area contributed by atoms with Crippen molar-refractivity contribution >= 4 is 0 Å². The molecular weight excluding hydrogens is 321 g/mol. The average molecular weight is 339 g/mol. The zero-order valence-corrected chi connectivity index (χ0v) is 13.6. The van der Waals surface area contributed by atoms with Gasteiger partial charge in [0.15, 0.2) is 0 Å². The van der Waals surface area contributed by atoms with E-state index in [1.165, 1.54) is 22.8 Å². The summed E-state index contributed by atoms with van der Waals surface area (Å²) in [6.45, 7) is 1.30. The van der Waals surface area contributed by atoms with E-state index in [1.807, 2.05) is 30.3 Å². The molecule has 0 aliphatic rings. The second-order valence-electron chi connectivity index (χ2n) is 5.43. The van der Waals surface area contributed by atoms with Gasteiger partial charge >= 0.3 is 0 Å². The van der Waals surface area contributed by atoms with E-state index in [-0.39, 0.29) is 11.4 Å². The molecule has 1 aromatic heterocycles. The van der Waals surface area contributed by atoms with Crippen LogP contribution >= 0.6 is 0 Å². The Balaban J connectivity index is 1.51. The van der Waals surface area contributed by atoms with Gasteiger partial charge in [-0.05, 0) is 35.9 Å². The normalized spacial score (nSPS) is 10.6. The Morgan fingerprint density at radius 1 is 0.920 bits per heavy atom. The summed E-state index contributed by atoms with van der Waals surface area (Å²) in [7, 11) is 0. The van der Waals surface area contributed by atoms with Gasteiger partial charge in [0.25, 0.3) is 5.56 Å². The smallest absolute Gasteiger partial charge is 0.258 e. The molecule has 0 unspecified atom stereocenters. The Morgan fingerprint density at radius 3 is 2.40 bits per heavy atom. The third-order valence-corrected chi connectivity index (χ3v) is 3.60. The van der Waals surface area contributed by atoms with E-state index in [0.29, 0.717) is 31.3 Å². The Kier molecular flexibility index (Phi) is 5.59. The quantitative estimate of drug-likeness (QED) is 0.618. The van der Waals surface area contributed by atoms with Gasteiger partial charge < -0.3 is 9.47 Å². The fraction of sp³-hybridized carbons (Fsp3) is 0.150. The van der Waals surface area contributed by atoms with Gasteiger partial charge in [-0.2, -0.15) is 0 Å². The molecule has 0 N–H and O–H groups in total. The summed E-state index contributed by atoms with van der Waals surface area (Å²) in [6, 6.07) is 18.7. The van der Waals surface area contributed by atoms with Gasteiger partial charge in [-0.15, -0.1) is 0 Å². The molecule has 1 heterocycles. The molecule has 0 bridgehead atoms. The van der Waals surface area contributed by atoms with Crippen molar-refractivity contribution < 1.29 is 13.9 Å². The fourth-order valence-electron chi connectivity index (χ4n) is 2.35. The number of rotatable bonds is 7. The number of pyridine rings is 1. The Morgan fingerprint density at radius 2 is 1.68 bits per heavy atom. The summed E-state index contributed by atoms with van der Waals surface area (Å²) in [5.74, 6) is 0.138. The number of hydrogen-bond acceptors (Lipinski definition) is 3. The second kappa shape index (κ2) is 8.26. The summed E-state index contributed by atoms with van der Waals surface area (Å²) < 4.78 is 25.5. The first kappa shape index (κ1) is 16.9. The van der Waals surface area contributed by atoms with Crippen LogP contribution in [0.2, 0.25) is 0 Å². The van der Waals surface area contributed by atoms with Gasteiger partial charge in [0.05, 0.1) is 13.2 Å². The lowest BCUT2D eigenvalue weighted by atomic mass is 10.2. The first-order valence-corrected chi connectivity index (χ1v) is 7.95. The molecule has 25 heavy (non-hydrogen) atoms. The predicted octanol–water partition coefficient (Wildman–Crippen LogP) is 3.57. The molecule has 4 nitrogen and oxygen atoms in total. The zero-order valence-electron chi connectivity index (χ0n) is 13.6. The van der Waals surface area contributed by atoms with Crippen LogP contribution in [0.15, 0.2) is 77.7 Å². The van der Waals surface area contributed by atoms with E-state index < -0.39 is 0 Å². The third-order valence-electron chi connectivity index (χ3n) is 3.60. The number of ether oxygens (including phenoxy) is 2. The van der Waals surface area contributed by atoms with Crippen molar-refractivity contribution in [1.82, 2.24) is 4.57 Å². The number of hydrogen-bond donors (Lipinski definition) is 0. The molecule has 0 saturated heterocycles. The van der Waals surface area contributed by atoms with Gasteiger partial charge in [0.2, 0.25) is 0 Å². The molecule has 0 saturated carbocycles. The minimum absolute atomic E-state index is 0.241. The molecule has 0 aliphatic carbocycles. The lowest BCUT2D eigenvalue weighted by Gasteiger charge is -2.09. The molecule has 0 atom stereocenters. The van der Waals surface area contributed by atoms with Gasteiger partial charge in [0.1, 0.15) is 18.2 Å². The summed E-state index contributed by atoms with van der Waals surface area (Å²) >= 11 is 0. The van der Waals surface area contributed by atoms with Crippen molar-refractivity contribution in [3.8, 4) is 11.4 Å². The van der Waals surface area contributed by atoms with Crippen LogP contribution in [-0.2, 0) is 11.3 Å².